The molecule has 0 bridgehead atoms. The summed E-state index contributed by atoms with van der Waals surface area (Å²) in [5.74, 6) is -0.219. The third-order valence-electron chi connectivity index (χ3n) is 4.53. The van der Waals surface area contributed by atoms with Crippen LogP contribution in [0.25, 0.3) is 0 Å². The summed E-state index contributed by atoms with van der Waals surface area (Å²) in [5, 5.41) is 2.78. The molecule has 6 nitrogen and oxygen atoms in total. The zero-order valence-corrected chi connectivity index (χ0v) is 12.8. The number of benzene rings is 1. The molecule has 3 rings (SSSR count). The minimum Gasteiger partial charge on any atom is -0.338 e. The van der Waals surface area contributed by atoms with E-state index in [1.807, 2.05) is 25.1 Å². The summed E-state index contributed by atoms with van der Waals surface area (Å²) in [7, 11) is 1.48. The summed E-state index contributed by atoms with van der Waals surface area (Å²) in [6.07, 6.45) is 0.916. The van der Waals surface area contributed by atoms with Gasteiger partial charge in [0.2, 0.25) is 0 Å². The van der Waals surface area contributed by atoms with Gasteiger partial charge in [0, 0.05) is 25.7 Å². The lowest BCUT2D eigenvalue weighted by Crippen LogP contribution is -2.55. The van der Waals surface area contributed by atoms with Crippen LogP contribution in [0.1, 0.15) is 28.8 Å². The van der Waals surface area contributed by atoms with E-state index in [1.54, 1.807) is 11.0 Å². The fourth-order valence-corrected chi connectivity index (χ4v) is 3.15. The molecule has 1 aromatic carbocycles. The van der Waals surface area contributed by atoms with Gasteiger partial charge in [0.05, 0.1) is 0 Å². The number of amides is 4. The molecule has 2 saturated heterocycles. The fourth-order valence-electron chi connectivity index (χ4n) is 3.15. The first kappa shape index (κ1) is 14.6. The molecule has 0 atom stereocenters. The first-order valence-electron chi connectivity index (χ1n) is 7.39. The Kier molecular flexibility index (Phi) is 3.39. The Hall–Kier alpha value is -2.37. The lowest BCUT2D eigenvalue weighted by atomic mass is 9.87. The zero-order valence-electron chi connectivity index (χ0n) is 12.8. The third kappa shape index (κ3) is 2.24. The number of nitrogens with one attached hydrogen (secondary N) is 1. The largest absolute Gasteiger partial charge is 0.338 e. The number of hydrogen-bond donors (Lipinski definition) is 1. The molecule has 4 amide bonds. The summed E-state index contributed by atoms with van der Waals surface area (Å²) < 4.78 is 0. The van der Waals surface area contributed by atoms with Crippen LogP contribution in [0.4, 0.5) is 4.79 Å². The van der Waals surface area contributed by atoms with Crippen LogP contribution >= 0.6 is 0 Å². The van der Waals surface area contributed by atoms with Crippen LogP contribution < -0.4 is 5.32 Å². The highest BCUT2D eigenvalue weighted by molar-refractivity contribution is 6.07. The topological polar surface area (TPSA) is 69.7 Å². The number of hydrogen-bond acceptors (Lipinski definition) is 3. The maximum Gasteiger partial charge on any atom is 0.324 e. The fraction of sp³-hybridized carbons (Fsp3) is 0.438. The van der Waals surface area contributed by atoms with Crippen LogP contribution in [0.2, 0.25) is 0 Å². The number of urea groups is 1. The average Bonchev–Trinajstić information content (AvgIpc) is 2.72. The second-order valence-corrected chi connectivity index (χ2v) is 6.04. The van der Waals surface area contributed by atoms with Gasteiger partial charge >= 0.3 is 6.03 Å². The maximum absolute atomic E-state index is 12.5. The van der Waals surface area contributed by atoms with Crippen LogP contribution in [0.15, 0.2) is 24.3 Å². The summed E-state index contributed by atoms with van der Waals surface area (Å²) in [4.78, 5) is 39.2. The second kappa shape index (κ2) is 5.12. The van der Waals surface area contributed by atoms with Crippen LogP contribution in [0.3, 0.4) is 0 Å². The van der Waals surface area contributed by atoms with Gasteiger partial charge in [-0.3, -0.25) is 14.5 Å². The number of imide groups is 1. The normalized spacial score (nSPS) is 20.5. The number of carbonyl (C=O) groups excluding carboxylic acids is 3. The van der Waals surface area contributed by atoms with Gasteiger partial charge in [-0.2, -0.15) is 0 Å². The molecule has 2 fully saturated rings. The lowest BCUT2D eigenvalue weighted by molar-refractivity contribution is -0.131. The minimum atomic E-state index is -0.824. The Balaban J connectivity index is 1.71. The quantitative estimate of drug-likeness (QED) is 0.791. The molecule has 1 aromatic rings. The van der Waals surface area contributed by atoms with Crippen LogP contribution in [0, 0.1) is 6.92 Å². The van der Waals surface area contributed by atoms with E-state index >= 15 is 0 Å². The van der Waals surface area contributed by atoms with E-state index in [-0.39, 0.29) is 17.8 Å². The number of nitrogens with zero attached hydrogens (tertiary/aromatic N) is 2. The van der Waals surface area contributed by atoms with Gasteiger partial charge in [-0.1, -0.05) is 17.7 Å². The van der Waals surface area contributed by atoms with E-state index < -0.39 is 5.54 Å². The molecule has 0 saturated carbocycles. The Morgan fingerprint density at radius 1 is 1.23 bits per heavy atom. The van der Waals surface area contributed by atoms with Crippen molar-refractivity contribution in [1.29, 1.82) is 0 Å². The first-order chi connectivity index (χ1) is 10.4. The Bertz CT molecular complexity index is 648. The van der Waals surface area contributed by atoms with E-state index in [9.17, 15) is 14.4 Å². The summed E-state index contributed by atoms with van der Waals surface area (Å²) >= 11 is 0. The number of piperidine rings is 1. The summed E-state index contributed by atoms with van der Waals surface area (Å²) in [6, 6.07) is 7.12. The third-order valence-corrected chi connectivity index (χ3v) is 4.53. The Morgan fingerprint density at radius 2 is 1.91 bits per heavy atom. The van der Waals surface area contributed by atoms with Crippen molar-refractivity contribution >= 4 is 17.8 Å². The van der Waals surface area contributed by atoms with Gasteiger partial charge in [-0.25, -0.2) is 4.79 Å². The van der Waals surface area contributed by atoms with Crippen LogP contribution in [0.5, 0.6) is 0 Å². The van der Waals surface area contributed by atoms with Crippen molar-refractivity contribution in [3.8, 4) is 0 Å². The van der Waals surface area contributed by atoms with Crippen LogP contribution in [-0.2, 0) is 4.79 Å². The molecule has 22 heavy (non-hydrogen) atoms. The van der Waals surface area contributed by atoms with Crippen molar-refractivity contribution < 1.29 is 14.4 Å². The van der Waals surface area contributed by atoms with Gasteiger partial charge in [0.25, 0.3) is 11.8 Å². The van der Waals surface area contributed by atoms with Gasteiger partial charge in [0.15, 0.2) is 0 Å². The molecule has 2 aliphatic heterocycles. The van der Waals surface area contributed by atoms with Crippen LogP contribution in [-0.4, -0.2) is 53.3 Å². The number of rotatable bonds is 1. The molecule has 0 aliphatic carbocycles. The maximum atomic E-state index is 12.5. The molecule has 6 heteroatoms. The van der Waals surface area contributed by atoms with E-state index in [0.717, 1.165) is 10.5 Å². The van der Waals surface area contributed by atoms with Gasteiger partial charge in [0.1, 0.15) is 5.54 Å². The van der Waals surface area contributed by atoms with Gasteiger partial charge in [-0.05, 0) is 31.9 Å². The number of likely N-dealkylation sites (tertiary alicyclic amines) is 1. The van der Waals surface area contributed by atoms with Gasteiger partial charge in [-0.15, -0.1) is 0 Å². The smallest absolute Gasteiger partial charge is 0.324 e. The van der Waals surface area contributed by atoms with Crippen molar-refractivity contribution in [3.05, 3.63) is 35.4 Å². The predicted molar refractivity (Wildman–Crippen MR) is 80.3 cm³/mol. The molecule has 0 radical (unpaired) electrons. The summed E-state index contributed by atoms with van der Waals surface area (Å²) in [5.41, 5.74) is 0.879. The molecule has 2 aliphatic rings. The van der Waals surface area contributed by atoms with Crippen molar-refractivity contribution in [1.82, 2.24) is 15.1 Å². The molecule has 1 N–H and O–H groups in total. The van der Waals surface area contributed by atoms with E-state index in [1.165, 1.54) is 7.05 Å². The zero-order chi connectivity index (χ0) is 15.9. The van der Waals surface area contributed by atoms with Crippen molar-refractivity contribution in [2.24, 2.45) is 0 Å². The molecule has 0 aromatic heterocycles. The Morgan fingerprint density at radius 3 is 2.45 bits per heavy atom. The predicted octanol–water partition coefficient (Wildman–Crippen LogP) is 1.15. The molecule has 116 valence electrons. The highest BCUT2D eigenvalue weighted by atomic mass is 16.2. The standard InChI is InChI=1S/C16H19N3O3/c1-11-4-3-5-12(10-11)13(20)19-8-6-16(7-9-19)14(21)18(2)15(22)17-16/h3-5,10H,6-9H2,1-2H3,(H,17,22). The van der Waals surface area contributed by atoms with Crippen molar-refractivity contribution in [2.45, 2.75) is 25.3 Å². The monoisotopic (exact) mass is 301 g/mol. The van der Waals surface area contributed by atoms with E-state index in [4.69, 9.17) is 0 Å². The number of aryl methyl sites for hydroxylation is 1. The lowest BCUT2D eigenvalue weighted by Gasteiger charge is -2.37. The highest BCUT2D eigenvalue weighted by Crippen LogP contribution is 2.29. The SMILES string of the molecule is Cc1cccc(C(=O)N2CCC3(CC2)NC(=O)N(C)C3=O)c1. The average molecular weight is 301 g/mol. The molecule has 0 unspecified atom stereocenters. The molecule has 1 spiro atoms. The first-order valence-corrected chi connectivity index (χ1v) is 7.39. The Labute approximate surface area is 129 Å². The van der Waals surface area contributed by atoms with Crippen molar-refractivity contribution in [2.75, 3.05) is 20.1 Å². The highest BCUT2D eigenvalue weighted by Gasteiger charge is 2.51. The number of carbonyl (C=O) groups is 3. The molecular formula is C16H19N3O3. The molecule has 2 heterocycles. The summed E-state index contributed by atoms with van der Waals surface area (Å²) in [6.45, 7) is 2.88. The van der Waals surface area contributed by atoms with Gasteiger partial charge < -0.3 is 10.2 Å². The second-order valence-electron chi connectivity index (χ2n) is 6.04. The minimum absolute atomic E-state index is 0.0244. The van der Waals surface area contributed by atoms with E-state index in [2.05, 4.69) is 5.32 Å². The molecular weight excluding hydrogens is 282 g/mol. The number of likely N-dealkylation sites (N-methyl/N-ethyl adjacent to an activating group) is 1. The van der Waals surface area contributed by atoms with E-state index in [0.29, 0.717) is 31.5 Å². The van der Waals surface area contributed by atoms with Crippen molar-refractivity contribution in [3.63, 3.8) is 0 Å².